The Bertz CT molecular complexity index is 1050. The Morgan fingerprint density at radius 3 is 2.26 bits per heavy atom. The number of esters is 1. The molecule has 1 saturated carbocycles. The van der Waals surface area contributed by atoms with Gasteiger partial charge in [-0.15, -0.1) is 0 Å². The first-order valence-corrected chi connectivity index (χ1v) is 12.6. The van der Waals surface area contributed by atoms with Gasteiger partial charge in [-0.2, -0.15) is 5.10 Å². The van der Waals surface area contributed by atoms with E-state index in [2.05, 4.69) is 10.4 Å². The standard InChI is InChI=1S/C27H38N4O4/c1-6-30(7-2)26(34)27(17-9-8-10-18-27)28-25(33)21-11-13-22(14-12-21)31-20(4)23(19(3)29-31)15-16-24(32)35-5/h11-14H,6-10,15-18H2,1-5H3,(H,28,33). The predicted octanol–water partition coefficient (Wildman–Crippen LogP) is 3.90. The average molecular weight is 483 g/mol. The van der Waals surface area contributed by atoms with Crippen molar-refractivity contribution in [3.8, 4) is 5.69 Å². The highest BCUT2D eigenvalue weighted by atomic mass is 16.5. The molecule has 8 heteroatoms. The summed E-state index contributed by atoms with van der Waals surface area (Å²) in [5, 5.41) is 7.76. The largest absolute Gasteiger partial charge is 0.469 e. The number of ether oxygens (including phenoxy) is 1. The number of methoxy groups -OCH3 is 1. The van der Waals surface area contributed by atoms with Gasteiger partial charge in [0.05, 0.1) is 18.5 Å². The summed E-state index contributed by atoms with van der Waals surface area (Å²) in [7, 11) is 1.39. The number of carbonyl (C=O) groups excluding carboxylic acids is 3. The highest BCUT2D eigenvalue weighted by Crippen LogP contribution is 2.31. The maximum Gasteiger partial charge on any atom is 0.305 e. The maximum atomic E-state index is 13.3. The molecule has 1 aliphatic rings. The third-order valence-corrected chi connectivity index (χ3v) is 7.14. The van der Waals surface area contributed by atoms with Gasteiger partial charge in [0.1, 0.15) is 5.54 Å². The zero-order chi connectivity index (χ0) is 25.6. The zero-order valence-corrected chi connectivity index (χ0v) is 21.6. The Morgan fingerprint density at radius 2 is 1.69 bits per heavy atom. The van der Waals surface area contributed by atoms with Gasteiger partial charge in [0, 0.05) is 30.8 Å². The summed E-state index contributed by atoms with van der Waals surface area (Å²) in [6.45, 7) is 9.10. The molecule has 0 unspecified atom stereocenters. The molecule has 8 nitrogen and oxygen atoms in total. The molecule has 190 valence electrons. The first kappa shape index (κ1) is 26.4. The Hall–Kier alpha value is -3.16. The van der Waals surface area contributed by atoms with Crippen LogP contribution in [0.15, 0.2) is 24.3 Å². The fourth-order valence-corrected chi connectivity index (χ4v) is 5.02. The lowest BCUT2D eigenvalue weighted by Crippen LogP contribution is -2.60. The molecule has 1 N–H and O–H groups in total. The lowest BCUT2D eigenvalue weighted by molar-refractivity contribution is -0.140. The normalized spacial score (nSPS) is 14.9. The first-order chi connectivity index (χ1) is 16.8. The van der Waals surface area contributed by atoms with E-state index < -0.39 is 5.54 Å². The minimum absolute atomic E-state index is 0.0225. The number of hydrogen-bond acceptors (Lipinski definition) is 5. The van der Waals surface area contributed by atoms with Gasteiger partial charge in [-0.1, -0.05) is 19.3 Å². The van der Waals surface area contributed by atoms with Gasteiger partial charge < -0.3 is 15.0 Å². The molecular formula is C27H38N4O4. The van der Waals surface area contributed by atoms with Gasteiger partial charge in [0.15, 0.2) is 0 Å². The van der Waals surface area contributed by atoms with Crippen molar-refractivity contribution < 1.29 is 19.1 Å². The fraction of sp³-hybridized carbons (Fsp3) is 0.556. The van der Waals surface area contributed by atoms with Crippen LogP contribution in [0.25, 0.3) is 5.69 Å². The van der Waals surface area contributed by atoms with Crippen molar-refractivity contribution in [3.63, 3.8) is 0 Å². The summed E-state index contributed by atoms with van der Waals surface area (Å²) >= 11 is 0. The Morgan fingerprint density at radius 1 is 1.06 bits per heavy atom. The minimum atomic E-state index is -0.829. The number of amides is 2. The molecule has 1 fully saturated rings. The summed E-state index contributed by atoms with van der Waals surface area (Å²) < 4.78 is 6.58. The molecule has 1 aromatic heterocycles. The van der Waals surface area contributed by atoms with Gasteiger partial charge in [-0.25, -0.2) is 4.68 Å². The maximum absolute atomic E-state index is 13.3. The molecule has 2 aromatic rings. The van der Waals surface area contributed by atoms with E-state index in [-0.39, 0.29) is 17.8 Å². The van der Waals surface area contributed by atoms with E-state index in [9.17, 15) is 14.4 Å². The van der Waals surface area contributed by atoms with Crippen molar-refractivity contribution in [3.05, 3.63) is 46.8 Å². The van der Waals surface area contributed by atoms with Gasteiger partial charge >= 0.3 is 5.97 Å². The van der Waals surface area contributed by atoms with Crippen molar-refractivity contribution >= 4 is 17.8 Å². The molecule has 0 radical (unpaired) electrons. The van der Waals surface area contributed by atoms with Crippen LogP contribution < -0.4 is 5.32 Å². The molecule has 2 amide bonds. The molecular weight excluding hydrogens is 444 g/mol. The van der Waals surface area contributed by atoms with Crippen LogP contribution in [0.3, 0.4) is 0 Å². The van der Waals surface area contributed by atoms with Crippen molar-refractivity contribution in [2.45, 2.75) is 78.2 Å². The van der Waals surface area contributed by atoms with Crippen LogP contribution in [-0.2, 0) is 20.7 Å². The van der Waals surface area contributed by atoms with Crippen LogP contribution in [0.1, 0.15) is 79.7 Å². The molecule has 0 bridgehead atoms. The highest BCUT2D eigenvalue weighted by Gasteiger charge is 2.42. The van der Waals surface area contributed by atoms with E-state index in [0.29, 0.717) is 44.3 Å². The number of rotatable bonds is 9. The molecule has 0 spiro atoms. The molecule has 0 atom stereocenters. The van der Waals surface area contributed by atoms with E-state index >= 15 is 0 Å². The fourth-order valence-electron chi connectivity index (χ4n) is 5.02. The van der Waals surface area contributed by atoms with Crippen molar-refractivity contribution in [1.82, 2.24) is 20.0 Å². The van der Waals surface area contributed by atoms with Gasteiger partial charge in [-0.3, -0.25) is 14.4 Å². The number of carbonyl (C=O) groups is 3. The summed E-state index contributed by atoms with van der Waals surface area (Å²) in [4.78, 5) is 39.9. The zero-order valence-electron chi connectivity index (χ0n) is 21.6. The molecule has 1 aromatic carbocycles. The van der Waals surface area contributed by atoms with Crippen LogP contribution >= 0.6 is 0 Å². The lowest BCUT2D eigenvalue weighted by atomic mass is 9.80. The quantitative estimate of drug-likeness (QED) is 0.547. The second-order valence-corrected chi connectivity index (χ2v) is 9.26. The number of nitrogens with zero attached hydrogens (tertiary/aromatic N) is 3. The van der Waals surface area contributed by atoms with Crippen LogP contribution in [0.2, 0.25) is 0 Å². The van der Waals surface area contributed by atoms with E-state index in [4.69, 9.17) is 4.74 Å². The third-order valence-electron chi connectivity index (χ3n) is 7.14. The van der Waals surface area contributed by atoms with E-state index in [1.54, 1.807) is 12.1 Å². The monoisotopic (exact) mass is 482 g/mol. The smallest absolute Gasteiger partial charge is 0.305 e. The van der Waals surface area contributed by atoms with Crippen molar-refractivity contribution in [2.24, 2.45) is 0 Å². The van der Waals surface area contributed by atoms with Gasteiger partial charge in [0.25, 0.3) is 5.91 Å². The van der Waals surface area contributed by atoms with Crippen molar-refractivity contribution in [2.75, 3.05) is 20.2 Å². The average Bonchev–Trinajstić information content (AvgIpc) is 3.16. The number of aromatic nitrogens is 2. The van der Waals surface area contributed by atoms with Gasteiger partial charge in [-0.05, 0) is 76.8 Å². The molecule has 0 saturated heterocycles. The second kappa shape index (κ2) is 11.5. The summed E-state index contributed by atoms with van der Waals surface area (Å²) in [6, 6.07) is 7.26. The molecule has 3 rings (SSSR count). The number of aryl methyl sites for hydroxylation is 1. The summed E-state index contributed by atoms with van der Waals surface area (Å²) in [5.74, 6) is -0.456. The minimum Gasteiger partial charge on any atom is -0.469 e. The van der Waals surface area contributed by atoms with Gasteiger partial charge in [0.2, 0.25) is 5.91 Å². The number of likely N-dealkylation sites (N-methyl/N-ethyl adjacent to an activating group) is 1. The second-order valence-electron chi connectivity index (χ2n) is 9.26. The van der Waals surface area contributed by atoms with Crippen LogP contribution in [0.5, 0.6) is 0 Å². The van der Waals surface area contributed by atoms with E-state index in [0.717, 1.165) is 41.9 Å². The predicted molar refractivity (Wildman–Crippen MR) is 135 cm³/mol. The summed E-state index contributed by atoms with van der Waals surface area (Å²) in [5.41, 5.74) is 3.35. The Kier molecular flexibility index (Phi) is 8.70. The highest BCUT2D eigenvalue weighted by molar-refractivity contribution is 5.99. The van der Waals surface area contributed by atoms with Crippen LogP contribution in [-0.4, -0.2) is 58.2 Å². The number of hydrogen-bond donors (Lipinski definition) is 1. The SMILES string of the molecule is CCN(CC)C(=O)C1(NC(=O)c2ccc(-n3nc(C)c(CCC(=O)OC)c3C)cc2)CCCCC1. The number of nitrogens with one attached hydrogen (secondary N) is 1. The number of benzene rings is 1. The third kappa shape index (κ3) is 5.74. The van der Waals surface area contributed by atoms with Crippen LogP contribution in [0.4, 0.5) is 0 Å². The van der Waals surface area contributed by atoms with E-state index in [1.165, 1.54) is 7.11 Å². The lowest BCUT2D eigenvalue weighted by Gasteiger charge is -2.40. The molecule has 0 aliphatic heterocycles. The van der Waals surface area contributed by atoms with Crippen LogP contribution in [0, 0.1) is 13.8 Å². The van der Waals surface area contributed by atoms with E-state index in [1.807, 2.05) is 49.4 Å². The molecule has 35 heavy (non-hydrogen) atoms. The Labute approximate surface area is 208 Å². The molecule has 1 aliphatic carbocycles. The van der Waals surface area contributed by atoms with Crippen molar-refractivity contribution in [1.29, 1.82) is 0 Å². The Balaban J connectivity index is 1.79. The first-order valence-electron chi connectivity index (χ1n) is 12.6. The summed E-state index contributed by atoms with van der Waals surface area (Å²) in [6.07, 6.45) is 5.16. The molecule has 1 heterocycles. The topological polar surface area (TPSA) is 93.5 Å².